The molecule has 0 saturated carbocycles. The molecule has 0 amide bonds. The van der Waals surface area contributed by atoms with Gasteiger partial charge in [-0.3, -0.25) is 9.89 Å². The number of piperidine rings is 1. The van der Waals surface area contributed by atoms with Gasteiger partial charge in [0.05, 0.1) is 12.4 Å². The van der Waals surface area contributed by atoms with Crippen LogP contribution in [0.25, 0.3) is 0 Å². The highest BCUT2D eigenvalue weighted by Gasteiger charge is 2.19. The van der Waals surface area contributed by atoms with Crippen molar-refractivity contribution in [3.63, 3.8) is 0 Å². The van der Waals surface area contributed by atoms with Gasteiger partial charge in [0.2, 0.25) is 0 Å². The van der Waals surface area contributed by atoms with E-state index in [1.807, 2.05) is 12.1 Å². The second-order valence-corrected chi connectivity index (χ2v) is 7.70. The van der Waals surface area contributed by atoms with Gasteiger partial charge in [0.25, 0.3) is 0 Å². The molecule has 7 heteroatoms. The van der Waals surface area contributed by atoms with E-state index in [0.29, 0.717) is 6.10 Å². The fraction of sp³-hybridized carbons (Fsp3) is 0.542. The van der Waals surface area contributed by atoms with Gasteiger partial charge in [-0.2, -0.15) is 0 Å². The highest BCUT2D eigenvalue weighted by atomic mass is 127. The van der Waals surface area contributed by atoms with Crippen molar-refractivity contribution in [1.29, 1.82) is 0 Å². The van der Waals surface area contributed by atoms with Gasteiger partial charge >= 0.3 is 0 Å². The van der Waals surface area contributed by atoms with Crippen LogP contribution in [0.5, 0.6) is 0 Å². The Morgan fingerprint density at radius 2 is 1.94 bits per heavy atom. The molecule has 2 heterocycles. The number of hydrogen-bond donors (Lipinski definition) is 2. The van der Waals surface area contributed by atoms with E-state index in [-0.39, 0.29) is 24.0 Å². The molecule has 31 heavy (non-hydrogen) atoms. The van der Waals surface area contributed by atoms with E-state index >= 15 is 0 Å². The van der Waals surface area contributed by atoms with E-state index in [2.05, 4.69) is 57.8 Å². The number of hydrogen-bond acceptors (Lipinski definition) is 4. The third-order valence-corrected chi connectivity index (χ3v) is 5.30. The summed E-state index contributed by atoms with van der Waals surface area (Å²) in [5.74, 6) is 1.85. The smallest absolute Gasteiger partial charge is 0.191 e. The largest absolute Gasteiger partial charge is 0.469 e. The maximum Gasteiger partial charge on any atom is 0.191 e. The van der Waals surface area contributed by atoms with Crippen molar-refractivity contribution in [3.05, 3.63) is 60.1 Å². The first-order chi connectivity index (χ1) is 14.8. The maximum atomic E-state index is 6.10. The van der Waals surface area contributed by atoms with Crippen LogP contribution in [-0.4, -0.2) is 56.3 Å². The Bertz CT molecular complexity index is 716. The molecule has 0 spiro atoms. The molecule has 6 nitrogen and oxygen atoms in total. The fourth-order valence-electron chi connectivity index (χ4n) is 3.68. The molecule has 1 aromatic heterocycles. The van der Waals surface area contributed by atoms with Gasteiger partial charge in [0, 0.05) is 52.3 Å². The number of guanidine groups is 1. The molecular formula is C24H37IN4O2. The minimum Gasteiger partial charge on any atom is -0.469 e. The predicted molar refractivity (Wildman–Crippen MR) is 137 cm³/mol. The highest BCUT2D eigenvalue weighted by Crippen LogP contribution is 2.16. The van der Waals surface area contributed by atoms with Crippen LogP contribution in [0.4, 0.5) is 0 Å². The van der Waals surface area contributed by atoms with Crippen molar-refractivity contribution in [1.82, 2.24) is 15.5 Å². The average molecular weight is 540 g/mol. The lowest BCUT2D eigenvalue weighted by molar-refractivity contribution is 0.00566. The molecule has 0 atom stereocenters. The molecule has 1 saturated heterocycles. The van der Waals surface area contributed by atoms with Crippen LogP contribution in [0.2, 0.25) is 0 Å². The number of ether oxygens (including phenoxy) is 1. The van der Waals surface area contributed by atoms with Crippen molar-refractivity contribution in [2.75, 3.05) is 39.3 Å². The summed E-state index contributed by atoms with van der Waals surface area (Å²) in [4.78, 5) is 7.17. The Hall–Kier alpha value is -1.58. The van der Waals surface area contributed by atoms with Crippen molar-refractivity contribution < 1.29 is 9.15 Å². The fourth-order valence-corrected chi connectivity index (χ4v) is 3.68. The number of likely N-dealkylation sites (tertiary alicyclic amines) is 1. The number of aliphatic imine (C=N–C) groups is 1. The molecule has 1 fully saturated rings. The molecule has 1 aliphatic heterocycles. The van der Waals surface area contributed by atoms with E-state index in [1.165, 1.54) is 5.56 Å². The van der Waals surface area contributed by atoms with Gasteiger partial charge in [-0.1, -0.05) is 30.3 Å². The molecule has 1 aliphatic rings. The second kappa shape index (κ2) is 15.3. The van der Waals surface area contributed by atoms with Crippen LogP contribution in [0.15, 0.2) is 58.1 Å². The summed E-state index contributed by atoms with van der Waals surface area (Å²) in [6.07, 6.45) is 6.13. The summed E-state index contributed by atoms with van der Waals surface area (Å²) in [5.41, 5.74) is 1.39. The summed E-state index contributed by atoms with van der Waals surface area (Å²) >= 11 is 0. The maximum absolute atomic E-state index is 6.10. The average Bonchev–Trinajstić information content (AvgIpc) is 3.29. The Balaban J connectivity index is 0.00000341. The van der Waals surface area contributed by atoms with E-state index in [0.717, 1.165) is 83.3 Å². The quantitative estimate of drug-likeness (QED) is 0.195. The lowest BCUT2D eigenvalue weighted by Gasteiger charge is -2.31. The van der Waals surface area contributed by atoms with Crippen LogP contribution in [0, 0.1) is 0 Å². The normalized spacial score (nSPS) is 15.5. The summed E-state index contributed by atoms with van der Waals surface area (Å²) in [6.45, 7) is 8.55. The van der Waals surface area contributed by atoms with E-state index in [4.69, 9.17) is 9.15 Å². The number of furan rings is 1. The van der Waals surface area contributed by atoms with Crippen LogP contribution in [0.1, 0.15) is 37.5 Å². The predicted octanol–water partition coefficient (Wildman–Crippen LogP) is 4.07. The lowest BCUT2D eigenvalue weighted by Crippen LogP contribution is -2.38. The van der Waals surface area contributed by atoms with Crippen molar-refractivity contribution in [2.45, 2.75) is 45.3 Å². The number of nitrogens with zero attached hydrogens (tertiary/aromatic N) is 2. The van der Waals surface area contributed by atoms with Crippen LogP contribution >= 0.6 is 24.0 Å². The van der Waals surface area contributed by atoms with Crippen molar-refractivity contribution in [2.24, 2.45) is 4.99 Å². The highest BCUT2D eigenvalue weighted by molar-refractivity contribution is 14.0. The lowest BCUT2D eigenvalue weighted by atomic mass is 10.1. The van der Waals surface area contributed by atoms with Gasteiger partial charge < -0.3 is 19.8 Å². The van der Waals surface area contributed by atoms with E-state index in [9.17, 15) is 0 Å². The SMILES string of the molecule is CCNC(=NCCCOC1CCN(Cc2ccccc2)CC1)NCCc1ccco1.I. The van der Waals surface area contributed by atoms with Crippen LogP contribution < -0.4 is 10.6 Å². The molecule has 3 rings (SSSR count). The first kappa shape index (κ1) is 25.7. The third kappa shape index (κ3) is 10.1. The van der Waals surface area contributed by atoms with Gasteiger partial charge in [0.1, 0.15) is 5.76 Å². The van der Waals surface area contributed by atoms with Gasteiger partial charge in [-0.05, 0) is 43.9 Å². The summed E-state index contributed by atoms with van der Waals surface area (Å²) in [6, 6.07) is 14.6. The van der Waals surface area contributed by atoms with Gasteiger partial charge in [-0.15, -0.1) is 24.0 Å². The Morgan fingerprint density at radius 3 is 2.65 bits per heavy atom. The number of nitrogens with one attached hydrogen (secondary N) is 2. The minimum absolute atomic E-state index is 0. The van der Waals surface area contributed by atoms with Gasteiger partial charge in [0.15, 0.2) is 5.96 Å². The molecule has 1 aromatic carbocycles. The third-order valence-electron chi connectivity index (χ3n) is 5.30. The summed E-state index contributed by atoms with van der Waals surface area (Å²) in [5, 5.41) is 6.65. The number of rotatable bonds is 11. The summed E-state index contributed by atoms with van der Waals surface area (Å²) < 4.78 is 11.5. The zero-order valence-corrected chi connectivity index (χ0v) is 20.9. The van der Waals surface area contributed by atoms with E-state index in [1.54, 1.807) is 6.26 Å². The van der Waals surface area contributed by atoms with Crippen molar-refractivity contribution in [3.8, 4) is 0 Å². The zero-order valence-electron chi connectivity index (χ0n) is 18.6. The number of halogens is 1. The van der Waals surface area contributed by atoms with E-state index < -0.39 is 0 Å². The van der Waals surface area contributed by atoms with Crippen molar-refractivity contribution >= 4 is 29.9 Å². The number of benzene rings is 1. The Morgan fingerprint density at radius 1 is 1.13 bits per heavy atom. The molecule has 0 radical (unpaired) electrons. The molecule has 2 N–H and O–H groups in total. The van der Waals surface area contributed by atoms with Crippen LogP contribution in [0.3, 0.4) is 0 Å². The molecule has 172 valence electrons. The zero-order chi connectivity index (χ0) is 20.9. The monoisotopic (exact) mass is 540 g/mol. The first-order valence-electron chi connectivity index (χ1n) is 11.3. The minimum atomic E-state index is 0. The Kier molecular flexibility index (Phi) is 12.6. The van der Waals surface area contributed by atoms with Gasteiger partial charge in [-0.25, -0.2) is 0 Å². The molecule has 0 unspecified atom stereocenters. The molecule has 0 aliphatic carbocycles. The molecule has 0 bridgehead atoms. The molecule has 2 aromatic rings. The topological polar surface area (TPSA) is 62.0 Å². The Labute approximate surface area is 203 Å². The standard InChI is InChI=1S/C24H36N4O2.HI/c1-2-25-24(27-15-11-22-10-6-18-29-22)26-14-7-19-30-23-12-16-28(17-13-23)20-21-8-4-3-5-9-21;/h3-6,8-10,18,23H,2,7,11-17,19-20H2,1H3,(H2,25,26,27);1H. The molecular weight excluding hydrogens is 503 g/mol. The van der Waals surface area contributed by atoms with Crippen LogP contribution in [-0.2, 0) is 17.7 Å². The summed E-state index contributed by atoms with van der Waals surface area (Å²) in [7, 11) is 0. The first-order valence-corrected chi connectivity index (χ1v) is 11.3. The second-order valence-electron chi connectivity index (χ2n) is 7.70.